The molecular weight excluding hydrogens is 306 g/mol. The van der Waals surface area contributed by atoms with Crippen LogP contribution < -0.4 is 10.6 Å². The van der Waals surface area contributed by atoms with Crippen molar-refractivity contribution in [3.63, 3.8) is 0 Å². The average molecular weight is 333 g/mol. The van der Waals surface area contributed by atoms with Crippen LogP contribution in [0.5, 0.6) is 0 Å². The third-order valence-corrected chi connectivity index (χ3v) is 3.97. The van der Waals surface area contributed by atoms with Crippen molar-refractivity contribution in [3.8, 4) is 0 Å². The molecule has 1 aliphatic rings. The molecule has 6 nitrogen and oxygen atoms in total. The monoisotopic (exact) mass is 333 g/mol. The minimum Gasteiger partial charge on any atom is -0.444 e. The minimum absolute atomic E-state index is 0.216. The number of piperidine rings is 1. The van der Waals surface area contributed by atoms with E-state index in [4.69, 9.17) is 4.74 Å². The first-order valence-electron chi connectivity index (χ1n) is 8.39. The maximum Gasteiger partial charge on any atom is 0.410 e. The normalized spacial score (nSPS) is 15.7. The van der Waals surface area contributed by atoms with E-state index in [0.717, 1.165) is 43.9 Å². The van der Waals surface area contributed by atoms with Gasteiger partial charge in [0.2, 0.25) is 6.41 Å². The Morgan fingerprint density at radius 2 is 1.79 bits per heavy atom. The summed E-state index contributed by atoms with van der Waals surface area (Å²) in [6.07, 6.45) is 2.39. The molecule has 0 unspecified atom stereocenters. The first kappa shape index (κ1) is 18.1. The second-order valence-electron chi connectivity index (χ2n) is 7.13. The predicted octanol–water partition coefficient (Wildman–Crippen LogP) is 3.31. The number of hydrogen-bond acceptors (Lipinski definition) is 4. The highest BCUT2D eigenvalue weighted by Gasteiger charge is 2.26. The van der Waals surface area contributed by atoms with Gasteiger partial charge in [0.1, 0.15) is 5.60 Å². The molecule has 1 aromatic carbocycles. The van der Waals surface area contributed by atoms with E-state index in [1.165, 1.54) is 0 Å². The third-order valence-electron chi connectivity index (χ3n) is 3.97. The summed E-state index contributed by atoms with van der Waals surface area (Å²) in [6.45, 7) is 8.02. The second kappa shape index (κ2) is 8.04. The lowest BCUT2D eigenvalue weighted by molar-refractivity contribution is -0.105. The van der Waals surface area contributed by atoms with Gasteiger partial charge in [-0.25, -0.2) is 4.79 Å². The van der Waals surface area contributed by atoms with E-state index in [1.807, 2.05) is 45.0 Å². The Bertz CT molecular complexity index is 544. The zero-order valence-electron chi connectivity index (χ0n) is 14.7. The number of anilines is 2. The standard InChI is InChI=1S/C18H27N3O3/c1-18(2,3)24-17(23)21-10-8-14(9-11-21)12-19-15-4-6-16(7-5-15)20-13-22/h4-7,13-14,19H,8-12H2,1-3H3,(H,20,22). The molecule has 1 heterocycles. The van der Waals surface area contributed by atoms with Crippen molar-refractivity contribution in [1.82, 2.24) is 4.90 Å². The number of amides is 2. The number of carbonyl (C=O) groups is 2. The fourth-order valence-electron chi connectivity index (χ4n) is 2.66. The molecule has 0 atom stereocenters. The number of rotatable bonds is 5. The third kappa shape index (κ3) is 5.76. The highest BCUT2D eigenvalue weighted by atomic mass is 16.6. The van der Waals surface area contributed by atoms with Crippen LogP contribution in [0.1, 0.15) is 33.6 Å². The Balaban J connectivity index is 1.73. The van der Waals surface area contributed by atoms with Crippen LogP contribution in [-0.4, -0.2) is 42.6 Å². The molecule has 0 aromatic heterocycles. The van der Waals surface area contributed by atoms with Gasteiger partial charge in [0, 0.05) is 31.0 Å². The van der Waals surface area contributed by atoms with Crippen LogP contribution in [0.2, 0.25) is 0 Å². The van der Waals surface area contributed by atoms with E-state index in [1.54, 1.807) is 4.90 Å². The number of nitrogens with one attached hydrogen (secondary N) is 2. The van der Waals surface area contributed by atoms with E-state index < -0.39 is 5.60 Å². The molecule has 1 aromatic rings. The second-order valence-corrected chi connectivity index (χ2v) is 7.13. The van der Waals surface area contributed by atoms with Gasteiger partial charge in [-0.3, -0.25) is 4.79 Å². The molecular formula is C18H27N3O3. The number of likely N-dealkylation sites (tertiary alicyclic amines) is 1. The molecule has 0 spiro atoms. The van der Waals surface area contributed by atoms with E-state index in [-0.39, 0.29) is 6.09 Å². The van der Waals surface area contributed by atoms with Crippen molar-refractivity contribution in [2.75, 3.05) is 30.3 Å². The first-order valence-corrected chi connectivity index (χ1v) is 8.39. The van der Waals surface area contributed by atoms with Gasteiger partial charge in [-0.2, -0.15) is 0 Å². The molecule has 1 fully saturated rings. The van der Waals surface area contributed by atoms with Crippen molar-refractivity contribution in [3.05, 3.63) is 24.3 Å². The molecule has 0 bridgehead atoms. The summed E-state index contributed by atoms with van der Waals surface area (Å²) in [4.78, 5) is 24.2. The zero-order chi connectivity index (χ0) is 17.6. The molecule has 0 saturated carbocycles. The summed E-state index contributed by atoms with van der Waals surface area (Å²) in [6, 6.07) is 7.62. The smallest absolute Gasteiger partial charge is 0.410 e. The summed E-state index contributed by atoms with van der Waals surface area (Å²) >= 11 is 0. The number of nitrogens with zero attached hydrogens (tertiary/aromatic N) is 1. The van der Waals surface area contributed by atoms with Crippen LogP contribution in [0.15, 0.2) is 24.3 Å². The Morgan fingerprint density at radius 1 is 1.21 bits per heavy atom. The fourth-order valence-corrected chi connectivity index (χ4v) is 2.66. The summed E-state index contributed by atoms with van der Waals surface area (Å²) < 4.78 is 5.41. The van der Waals surface area contributed by atoms with Crippen molar-refractivity contribution < 1.29 is 14.3 Å². The lowest BCUT2D eigenvalue weighted by atomic mass is 9.97. The van der Waals surface area contributed by atoms with Crippen LogP contribution in [0.4, 0.5) is 16.2 Å². The largest absolute Gasteiger partial charge is 0.444 e. The van der Waals surface area contributed by atoms with Gasteiger partial charge in [-0.15, -0.1) is 0 Å². The highest BCUT2D eigenvalue weighted by Crippen LogP contribution is 2.21. The quantitative estimate of drug-likeness (QED) is 0.811. The molecule has 132 valence electrons. The molecule has 24 heavy (non-hydrogen) atoms. The predicted molar refractivity (Wildman–Crippen MR) is 95.1 cm³/mol. The van der Waals surface area contributed by atoms with Gasteiger partial charge in [0.25, 0.3) is 0 Å². The van der Waals surface area contributed by atoms with E-state index in [9.17, 15) is 9.59 Å². The topological polar surface area (TPSA) is 70.7 Å². The molecule has 6 heteroatoms. The summed E-state index contributed by atoms with van der Waals surface area (Å²) in [5.74, 6) is 0.538. The lowest BCUT2D eigenvalue weighted by Gasteiger charge is -2.33. The van der Waals surface area contributed by atoms with E-state index >= 15 is 0 Å². The number of carbonyl (C=O) groups excluding carboxylic acids is 2. The number of hydrogen-bond donors (Lipinski definition) is 2. The van der Waals surface area contributed by atoms with Gasteiger partial charge in [0.05, 0.1) is 0 Å². The van der Waals surface area contributed by atoms with Crippen molar-refractivity contribution >= 4 is 23.9 Å². The maximum absolute atomic E-state index is 12.0. The molecule has 1 aliphatic heterocycles. The van der Waals surface area contributed by atoms with Gasteiger partial charge in [0.15, 0.2) is 0 Å². The van der Waals surface area contributed by atoms with Crippen LogP contribution >= 0.6 is 0 Å². The Hall–Kier alpha value is -2.24. The number of ether oxygens (including phenoxy) is 1. The average Bonchev–Trinajstić information content (AvgIpc) is 2.53. The van der Waals surface area contributed by atoms with Gasteiger partial charge < -0.3 is 20.3 Å². The molecule has 0 radical (unpaired) electrons. The van der Waals surface area contributed by atoms with Gasteiger partial charge in [-0.05, 0) is 63.8 Å². The van der Waals surface area contributed by atoms with Crippen LogP contribution in [0.3, 0.4) is 0 Å². The number of benzene rings is 1. The Morgan fingerprint density at radius 3 is 2.33 bits per heavy atom. The maximum atomic E-state index is 12.0. The van der Waals surface area contributed by atoms with Crippen molar-refractivity contribution in [1.29, 1.82) is 0 Å². The Labute approximate surface area is 143 Å². The molecule has 1 saturated heterocycles. The zero-order valence-corrected chi connectivity index (χ0v) is 14.7. The molecule has 2 rings (SSSR count). The highest BCUT2D eigenvalue weighted by molar-refractivity contribution is 5.72. The van der Waals surface area contributed by atoms with Crippen molar-refractivity contribution in [2.24, 2.45) is 5.92 Å². The summed E-state index contributed by atoms with van der Waals surface area (Å²) in [5.41, 5.74) is 1.36. The molecule has 0 aliphatic carbocycles. The van der Waals surface area contributed by atoms with E-state index in [2.05, 4.69) is 10.6 Å². The molecule has 2 N–H and O–H groups in total. The Kier molecular flexibility index (Phi) is 6.06. The van der Waals surface area contributed by atoms with Crippen LogP contribution in [0, 0.1) is 5.92 Å². The first-order chi connectivity index (χ1) is 11.4. The minimum atomic E-state index is -0.444. The van der Waals surface area contributed by atoms with Gasteiger partial charge in [-0.1, -0.05) is 0 Å². The molecule has 2 amide bonds. The fraction of sp³-hybridized carbons (Fsp3) is 0.556. The van der Waals surface area contributed by atoms with Gasteiger partial charge >= 0.3 is 6.09 Å². The SMILES string of the molecule is CC(C)(C)OC(=O)N1CCC(CNc2ccc(NC=O)cc2)CC1. The summed E-state index contributed by atoms with van der Waals surface area (Å²) in [7, 11) is 0. The van der Waals surface area contributed by atoms with Crippen molar-refractivity contribution in [2.45, 2.75) is 39.2 Å². The van der Waals surface area contributed by atoms with Crippen LogP contribution in [-0.2, 0) is 9.53 Å². The lowest BCUT2D eigenvalue weighted by Crippen LogP contribution is -2.42. The van der Waals surface area contributed by atoms with E-state index in [0.29, 0.717) is 12.3 Å². The van der Waals surface area contributed by atoms with Crippen LogP contribution in [0.25, 0.3) is 0 Å². The summed E-state index contributed by atoms with van der Waals surface area (Å²) in [5, 5.41) is 6.03.